The number of rotatable bonds is 9. The summed E-state index contributed by atoms with van der Waals surface area (Å²) in [5, 5.41) is 2.77. The van der Waals surface area contributed by atoms with E-state index in [4.69, 9.17) is 16.3 Å². The molecule has 2 heterocycles. The topological polar surface area (TPSA) is 49.9 Å². The Morgan fingerprint density at radius 1 is 1.19 bits per heavy atom. The van der Waals surface area contributed by atoms with Gasteiger partial charge < -0.3 is 14.5 Å². The van der Waals surface area contributed by atoms with Crippen molar-refractivity contribution < 1.29 is 14.3 Å². The third-order valence-electron chi connectivity index (χ3n) is 6.90. The molecule has 0 fully saturated rings. The van der Waals surface area contributed by atoms with Crippen LogP contribution in [0.15, 0.2) is 60.0 Å². The van der Waals surface area contributed by atoms with Gasteiger partial charge in [-0.1, -0.05) is 48.9 Å². The summed E-state index contributed by atoms with van der Waals surface area (Å²) in [7, 11) is 0. The molecule has 36 heavy (non-hydrogen) atoms. The first kappa shape index (κ1) is 26.2. The number of carbonyl (C=O) groups excluding carboxylic acids is 2. The summed E-state index contributed by atoms with van der Waals surface area (Å²) in [6, 6.07) is 17.1. The van der Waals surface area contributed by atoms with Gasteiger partial charge >= 0.3 is 0 Å². The van der Waals surface area contributed by atoms with Gasteiger partial charge in [0.25, 0.3) is 0 Å². The molecule has 0 spiro atoms. The SMILES string of the molecule is CC[C@H](C)N(CC(=O)N1CCc2sccc2[C@H]1COc1ccc(Cl)c(C)c1)C(=O)Cc1ccccc1. The van der Waals surface area contributed by atoms with Crippen LogP contribution in [0.5, 0.6) is 5.75 Å². The first-order chi connectivity index (χ1) is 17.4. The molecule has 5 nitrogen and oxygen atoms in total. The molecule has 0 saturated carbocycles. The van der Waals surface area contributed by atoms with Crippen molar-refractivity contribution in [3.8, 4) is 5.75 Å². The van der Waals surface area contributed by atoms with E-state index in [1.54, 1.807) is 16.2 Å². The smallest absolute Gasteiger partial charge is 0.242 e. The first-order valence-electron chi connectivity index (χ1n) is 12.5. The standard InChI is InChI=1S/C29H33ClN2O3S/c1-4-21(3)32(28(33)17-22-8-6-5-7-9-22)18-29(34)31-14-12-27-24(13-15-36-27)26(31)19-35-23-10-11-25(30)20(2)16-23/h5-11,13,15-16,21,26H,4,12,14,17-19H2,1-3H3/t21-,26+/m0/s1. The molecule has 2 atom stereocenters. The van der Waals surface area contributed by atoms with Gasteiger partial charge in [-0.3, -0.25) is 9.59 Å². The van der Waals surface area contributed by atoms with E-state index in [2.05, 4.69) is 11.4 Å². The van der Waals surface area contributed by atoms with Gasteiger partial charge in [-0.15, -0.1) is 11.3 Å². The fourth-order valence-corrected chi connectivity index (χ4v) is 5.62. The lowest BCUT2D eigenvalue weighted by Crippen LogP contribution is -2.50. The van der Waals surface area contributed by atoms with E-state index in [0.717, 1.165) is 35.3 Å². The second-order valence-electron chi connectivity index (χ2n) is 9.32. The second kappa shape index (κ2) is 11.9. The van der Waals surface area contributed by atoms with Crippen molar-refractivity contribution in [2.45, 2.75) is 52.1 Å². The van der Waals surface area contributed by atoms with E-state index in [1.807, 2.05) is 74.2 Å². The summed E-state index contributed by atoms with van der Waals surface area (Å²) in [6.07, 6.45) is 1.89. The highest BCUT2D eigenvalue weighted by Gasteiger charge is 2.34. The van der Waals surface area contributed by atoms with E-state index < -0.39 is 0 Å². The van der Waals surface area contributed by atoms with Crippen molar-refractivity contribution >= 4 is 34.8 Å². The number of hydrogen-bond acceptors (Lipinski definition) is 4. The number of halogens is 1. The van der Waals surface area contributed by atoms with Crippen LogP contribution in [-0.4, -0.2) is 47.4 Å². The van der Waals surface area contributed by atoms with Crippen molar-refractivity contribution in [3.63, 3.8) is 0 Å². The number of nitrogens with zero attached hydrogens (tertiary/aromatic N) is 2. The van der Waals surface area contributed by atoms with Crippen molar-refractivity contribution in [3.05, 3.63) is 86.6 Å². The van der Waals surface area contributed by atoms with E-state index in [1.165, 1.54) is 4.88 Å². The molecule has 0 saturated heterocycles. The molecule has 7 heteroatoms. The molecule has 3 aromatic rings. The van der Waals surface area contributed by atoms with Crippen LogP contribution in [0.4, 0.5) is 0 Å². The molecule has 0 unspecified atom stereocenters. The van der Waals surface area contributed by atoms with Crippen molar-refractivity contribution in [2.24, 2.45) is 0 Å². The maximum absolute atomic E-state index is 13.7. The monoisotopic (exact) mass is 524 g/mol. The molecule has 0 radical (unpaired) electrons. The van der Waals surface area contributed by atoms with Crippen LogP contribution < -0.4 is 4.74 Å². The predicted molar refractivity (Wildman–Crippen MR) is 146 cm³/mol. The van der Waals surface area contributed by atoms with Crippen molar-refractivity contribution in [1.29, 1.82) is 0 Å². The lowest BCUT2D eigenvalue weighted by molar-refractivity contribution is -0.144. The van der Waals surface area contributed by atoms with Crippen LogP contribution in [0.3, 0.4) is 0 Å². The van der Waals surface area contributed by atoms with Crippen LogP contribution in [0.1, 0.15) is 47.9 Å². The van der Waals surface area contributed by atoms with Gasteiger partial charge in [0.05, 0.1) is 12.5 Å². The Kier molecular flexibility index (Phi) is 8.70. The minimum atomic E-state index is -0.202. The van der Waals surface area contributed by atoms with Crippen molar-refractivity contribution in [1.82, 2.24) is 9.80 Å². The fourth-order valence-electron chi connectivity index (χ4n) is 4.58. The predicted octanol–water partition coefficient (Wildman–Crippen LogP) is 6.08. The molecule has 2 aromatic carbocycles. The van der Waals surface area contributed by atoms with Gasteiger partial charge in [0, 0.05) is 22.5 Å². The Hall–Kier alpha value is -2.83. The summed E-state index contributed by atoms with van der Waals surface area (Å²) in [5.41, 5.74) is 3.03. The highest BCUT2D eigenvalue weighted by atomic mass is 35.5. The Bertz CT molecular complexity index is 1200. The number of thiophene rings is 1. The lowest BCUT2D eigenvalue weighted by Gasteiger charge is -2.38. The molecule has 0 aliphatic carbocycles. The van der Waals surface area contributed by atoms with Gasteiger partial charge in [-0.25, -0.2) is 0 Å². The highest BCUT2D eigenvalue weighted by Crippen LogP contribution is 2.34. The Morgan fingerprint density at radius 2 is 1.97 bits per heavy atom. The first-order valence-corrected chi connectivity index (χ1v) is 13.7. The Morgan fingerprint density at radius 3 is 2.69 bits per heavy atom. The van der Waals surface area contributed by atoms with Gasteiger partial charge in [0.15, 0.2) is 0 Å². The van der Waals surface area contributed by atoms with Gasteiger partial charge in [0.2, 0.25) is 11.8 Å². The molecule has 190 valence electrons. The fraction of sp³-hybridized carbons (Fsp3) is 0.379. The third kappa shape index (κ3) is 6.11. The van der Waals surface area contributed by atoms with Gasteiger partial charge in [-0.2, -0.15) is 0 Å². The zero-order valence-electron chi connectivity index (χ0n) is 21.1. The highest BCUT2D eigenvalue weighted by molar-refractivity contribution is 7.10. The van der Waals surface area contributed by atoms with E-state index >= 15 is 0 Å². The van der Waals surface area contributed by atoms with Crippen LogP contribution >= 0.6 is 22.9 Å². The van der Waals surface area contributed by atoms with Gasteiger partial charge in [-0.05, 0) is 73.0 Å². The van der Waals surface area contributed by atoms with Gasteiger partial charge in [0.1, 0.15) is 18.9 Å². The largest absolute Gasteiger partial charge is 0.491 e. The van der Waals surface area contributed by atoms with Crippen molar-refractivity contribution in [2.75, 3.05) is 19.7 Å². The quantitative estimate of drug-likeness (QED) is 0.340. The van der Waals surface area contributed by atoms with Crippen LogP contribution in [0.2, 0.25) is 5.02 Å². The van der Waals surface area contributed by atoms with E-state index in [9.17, 15) is 9.59 Å². The third-order valence-corrected chi connectivity index (χ3v) is 8.32. The number of amides is 2. The molecule has 2 amide bonds. The number of aryl methyl sites for hydroxylation is 1. The normalized spacial score (nSPS) is 15.8. The number of benzene rings is 2. The molecule has 1 aromatic heterocycles. The molecule has 0 N–H and O–H groups in total. The second-order valence-corrected chi connectivity index (χ2v) is 10.7. The number of fused-ring (bicyclic) bond motifs is 1. The summed E-state index contributed by atoms with van der Waals surface area (Å²) in [4.78, 5) is 31.9. The summed E-state index contributed by atoms with van der Waals surface area (Å²) < 4.78 is 6.16. The average molecular weight is 525 g/mol. The zero-order chi connectivity index (χ0) is 25.7. The molecule has 4 rings (SSSR count). The molecule has 1 aliphatic heterocycles. The summed E-state index contributed by atoms with van der Waals surface area (Å²) >= 11 is 7.89. The molecular weight excluding hydrogens is 492 g/mol. The van der Waals surface area contributed by atoms with E-state index in [0.29, 0.717) is 18.2 Å². The summed E-state index contributed by atoms with van der Waals surface area (Å²) in [5.74, 6) is 0.655. The number of hydrogen-bond donors (Lipinski definition) is 0. The minimum absolute atomic E-state index is 0.0263. The zero-order valence-corrected chi connectivity index (χ0v) is 22.6. The Balaban J connectivity index is 1.51. The maximum atomic E-state index is 13.7. The Labute approximate surface area is 222 Å². The molecule has 1 aliphatic rings. The lowest BCUT2D eigenvalue weighted by atomic mass is 10.00. The minimum Gasteiger partial charge on any atom is -0.491 e. The molecule has 0 bridgehead atoms. The van der Waals surface area contributed by atoms with Crippen LogP contribution in [0.25, 0.3) is 0 Å². The molecular formula is C29H33ClN2O3S. The van der Waals surface area contributed by atoms with E-state index in [-0.39, 0.29) is 36.9 Å². The summed E-state index contributed by atoms with van der Waals surface area (Å²) in [6.45, 7) is 7.02. The maximum Gasteiger partial charge on any atom is 0.242 e. The van der Waals surface area contributed by atoms with Crippen LogP contribution in [0, 0.1) is 6.92 Å². The van der Waals surface area contributed by atoms with Crippen LogP contribution in [-0.2, 0) is 22.4 Å². The number of carbonyl (C=O) groups is 2. The average Bonchev–Trinajstić information content (AvgIpc) is 3.37. The number of ether oxygens (including phenoxy) is 1.